The highest BCUT2D eigenvalue weighted by Crippen LogP contribution is 2.58. The molecule has 3 aliphatic rings. The smallest absolute Gasteiger partial charge is 0.325 e. The summed E-state index contributed by atoms with van der Waals surface area (Å²) in [6.07, 6.45) is 2.28. The van der Waals surface area contributed by atoms with Gasteiger partial charge in [0.15, 0.2) is 0 Å². The Hall–Kier alpha value is -2.17. The van der Waals surface area contributed by atoms with Gasteiger partial charge in [-0.15, -0.1) is 11.8 Å². The van der Waals surface area contributed by atoms with E-state index in [0.717, 1.165) is 48.9 Å². The fourth-order valence-electron chi connectivity index (χ4n) is 5.26. The summed E-state index contributed by atoms with van der Waals surface area (Å²) in [5.74, 6) is -1.87. The van der Waals surface area contributed by atoms with E-state index in [9.17, 15) is 18.3 Å². The number of sulfonamides is 1. The second-order valence-electron chi connectivity index (χ2n) is 9.44. The minimum absolute atomic E-state index is 0.336. The van der Waals surface area contributed by atoms with Gasteiger partial charge in [-0.1, -0.05) is 61.5 Å². The van der Waals surface area contributed by atoms with E-state index in [1.165, 1.54) is 17.3 Å². The van der Waals surface area contributed by atoms with Crippen molar-refractivity contribution in [3.63, 3.8) is 0 Å². The number of nitrogens with zero attached hydrogens (tertiary/aromatic N) is 1. The van der Waals surface area contributed by atoms with Crippen LogP contribution in [0.25, 0.3) is 4.91 Å². The van der Waals surface area contributed by atoms with Crippen molar-refractivity contribution in [2.24, 2.45) is 5.92 Å². The van der Waals surface area contributed by atoms with Crippen LogP contribution in [0.5, 0.6) is 0 Å². The summed E-state index contributed by atoms with van der Waals surface area (Å²) in [5.41, 5.74) is 1.49. The van der Waals surface area contributed by atoms with E-state index in [2.05, 4.69) is 21.8 Å². The summed E-state index contributed by atoms with van der Waals surface area (Å²) in [5, 5.41) is 10.0. The number of nitrogens with one attached hydrogen (secondary N) is 1. The lowest BCUT2D eigenvalue weighted by molar-refractivity contribution is -0.140. The Morgan fingerprint density at radius 3 is 2.63 bits per heavy atom. The number of benzene rings is 2. The first-order chi connectivity index (χ1) is 16.8. The zero-order valence-electron chi connectivity index (χ0n) is 19.6. The summed E-state index contributed by atoms with van der Waals surface area (Å²) in [6.45, 7) is 5.92. The first-order valence-electron chi connectivity index (χ1n) is 11.9. The summed E-state index contributed by atoms with van der Waals surface area (Å²) >= 11 is 1.29. The van der Waals surface area contributed by atoms with Crippen LogP contribution < -0.4 is 4.72 Å². The maximum Gasteiger partial charge on any atom is 0.325 e. The van der Waals surface area contributed by atoms with E-state index >= 15 is 0 Å². The number of ether oxygens (including phenoxy) is 1. The van der Waals surface area contributed by atoms with Crippen LogP contribution in [0.2, 0.25) is 0 Å². The van der Waals surface area contributed by atoms with Crippen molar-refractivity contribution < 1.29 is 23.1 Å². The van der Waals surface area contributed by atoms with Crippen LogP contribution in [0.4, 0.5) is 0 Å². The first-order valence-corrected chi connectivity index (χ1v) is 14.3. The number of thioether (sulfide) groups is 1. The van der Waals surface area contributed by atoms with Gasteiger partial charge in [0.1, 0.15) is 10.1 Å². The van der Waals surface area contributed by atoms with Crippen molar-refractivity contribution >= 4 is 32.7 Å². The fourth-order valence-corrected chi connectivity index (χ4v) is 8.50. The van der Waals surface area contributed by atoms with E-state index < -0.39 is 32.0 Å². The average Bonchev–Trinajstić information content (AvgIpc) is 3.20. The molecule has 7 nitrogen and oxygen atoms in total. The van der Waals surface area contributed by atoms with Crippen LogP contribution in [0, 0.1) is 5.92 Å². The van der Waals surface area contributed by atoms with Crippen molar-refractivity contribution in [3.8, 4) is 0 Å². The highest BCUT2D eigenvalue weighted by atomic mass is 32.3. The third kappa shape index (κ3) is 4.80. The van der Waals surface area contributed by atoms with Crippen molar-refractivity contribution in [2.75, 3.05) is 26.3 Å². The Morgan fingerprint density at radius 1 is 1.17 bits per heavy atom. The zero-order valence-corrected chi connectivity index (χ0v) is 21.2. The molecule has 1 saturated heterocycles. The molecule has 2 fully saturated rings. The van der Waals surface area contributed by atoms with E-state index in [1.807, 2.05) is 48.5 Å². The van der Waals surface area contributed by atoms with E-state index in [-0.39, 0.29) is 5.92 Å². The standard InChI is InChI=1S/C26H30N2O5S2/c1-18-24(20-7-3-2-4-8-20)26(18,25(29)30)27-35(31,32)23-11-10-22(34-23)21-9-5-6-19(16-21)17-28-12-14-33-15-13-28/h2-10,16,18,23-24,27H,11-15,17H2,1H3,(H,29,30). The monoisotopic (exact) mass is 514 g/mol. The number of hydrogen-bond acceptors (Lipinski definition) is 6. The molecule has 5 rings (SSSR count). The predicted octanol–water partition coefficient (Wildman–Crippen LogP) is 3.50. The van der Waals surface area contributed by atoms with Crippen LogP contribution in [-0.2, 0) is 26.1 Å². The van der Waals surface area contributed by atoms with E-state index in [0.29, 0.717) is 6.42 Å². The van der Waals surface area contributed by atoms with Crippen molar-refractivity contribution in [3.05, 3.63) is 77.4 Å². The summed E-state index contributed by atoms with van der Waals surface area (Å²) in [7, 11) is -3.89. The van der Waals surface area contributed by atoms with Gasteiger partial charge in [-0.2, -0.15) is 4.72 Å². The lowest BCUT2D eigenvalue weighted by atomic mass is 10.1. The SMILES string of the molecule is CC1C(c2ccccc2)C1(NS(=O)(=O)C1CC=C(c2cccc(CN3CCOCC3)c2)S1)C(=O)O. The molecule has 4 unspecified atom stereocenters. The molecule has 186 valence electrons. The van der Waals surface area contributed by atoms with Crippen LogP contribution in [0.15, 0.2) is 60.7 Å². The molecule has 0 spiro atoms. The summed E-state index contributed by atoms with van der Waals surface area (Å²) in [4.78, 5) is 15.6. The molecule has 2 aromatic rings. The largest absolute Gasteiger partial charge is 0.480 e. The highest BCUT2D eigenvalue weighted by molar-refractivity contribution is 8.18. The molecular formula is C26H30N2O5S2. The maximum atomic E-state index is 13.4. The Bertz CT molecular complexity index is 1230. The molecule has 35 heavy (non-hydrogen) atoms. The highest BCUT2D eigenvalue weighted by Gasteiger charge is 2.70. The molecule has 9 heteroatoms. The van der Waals surface area contributed by atoms with Gasteiger partial charge < -0.3 is 9.84 Å². The minimum Gasteiger partial charge on any atom is -0.480 e. The number of morpholine rings is 1. The Morgan fingerprint density at radius 2 is 1.91 bits per heavy atom. The molecule has 0 bridgehead atoms. The number of rotatable bonds is 8. The number of carboxylic acids is 1. The first kappa shape index (κ1) is 24.5. The molecule has 2 aromatic carbocycles. The van der Waals surface area contributed by atoms with Crippen LogP contribution >= 0.6 is 11.8 Å². The molecule has 0 aromatic heterocycles. The third-order valence-electron chi connectivity index (χ3n) is 7.24. The number of aliphatic carboxylic acids is 1. The average molecular weight is 515 g/mol. The molecule has 0 radical (unpaired) electrons. The van der Waals surface area contributed by atoms with Crippen molar-refractivity contribution in [1.29, 1.82) is 0 Å². The van der Waals surface area contributed by atoms with Gasteiger partial charge >= 0.3 is 5.97 Å². The molecule has 1 aliphatic carbocycles. The lowest BCUT2D eigenvalue weighted by Crippen LogP contribution is -2.48. The van der Waals surface area contributed by atoms with Crippen molar-refractivity contribution in [1.82, 2.24) is 9.62 Å². The minimum atomic E-state index is -3.89. The summed E-state index contributed by atoms with van der Waals surface area (Å²) < 4.78 is 34.0. The van der Waals surface area contributed by atoms with Crippen LogP contribution in [-0.4, -0.2) is 60.8 Å². The topological polar surface area (TPSA) is 95.9 Å². The van der Waals surface area contributed by atoms with Crippen LogP contribution in [0.1, 0.15) is 36.0 Å². The quantitative estimate of drug-likeness (QED) is 0.557. The van der Waals surface area contributed by atoms with E-state index in [4.69, 9.17) is 4.74 Å². The third-order valence-corrected chi connectivity index (χ3v) is 10.9. The number of carbonyl (C=O) groups is 1. The Balaban J connectivity index is 1.28. The number of carboxylic acid groups (broad SMARTS) is 1. The van der Waals surface area contributed by atoms with Crippen LogP contribution in [0.3, 0.4) is 0 Å². The second-order valence-corrected chi connectivity index (χ2v) is 12.8. The fraction of sp³-hybridized carbons (Fsp3) is 0.423. The lowest BCUT2D eigenvalue weighted by Gasteiger charge is -2.26. The summed E-state index contributed by atoms with van der Waals surface area (Å²) in [6, 6.07) is 17.5. The molecular weight excluding hydrogens is 484 g/mol. The molecule has 0 amide bonds. The number of allylic oxidation sites excluding steroid dienone is 1. The van der Waals surface area contributed by atoms with Gasteiger partial charge in [0.05, 0.1) is 13.2 Å². The molecule has 2 heterocycles. The zero-order chi connectivity index (χ0) is 24.6. The molecule has 1 saturated carbocycles. The Kier molecular flexibility index (Phi) is 6.80. The number of hydrogen-bond donors (Lipinski definition) is 2. The van der Waals surface area contributed by atoms with Gasteiger partial charge in [0.25, 0.3) is 0 Å². The normalized spacial score (nSPS) is 29.1. The van der Waals surface area contributed by atoms with Gasteiger partial charge in [-0.25, -0.2) is 8.42 Å². The van der Waals surface area contributed by atoms with Crippen molar-refractivity contribution in [2.45, 2.75) is 35.9 Å². The predicted molar refractivity (Wildman–Crippen MR) is 137 cm³/mol. The molecule has 2 aliphatic heterocycles. The van der Waals surface area contributed by atoms with Gasteiger partial charge in [0.2, 0.25) is 10.0 Å². The van der Waals surface area contributed by atoms with Gasteiger partial charge in [0, 0.05) is 30.5 Å². The van der Waals surface area contributed by atoms with Gasteiger partial charge in [-0.05, 0) is 35.1 Å². The Labute approximate surface area is 210 Å². The maximum absolute atomic E-state index is 13.4. The van der Waals surface area contributed by atoms with E-state index in [1.54, 1.807) is 6.92 Å². The molecule has 4 atom stereocenters. The van der Waals surface area contributed by atoms with Gasteiger partial charge in [-0.3, -0.25) is 9.69 Å². The molecule has 2 N–H and O–H groups in total. The second kappa shape index (κ2) is 9.71.